The average Bonchev–Trinajstić information content (AvgIpc) is 2.10. The van der Waals surface area contributed by atoms with Crippen LogP contribution in [0, 0.1) is 17.8 Å². The molecule has 0 saturated heterocycles. The zero-order valence-corrected chi connectivity index (χ0v) is 11.2. The van der Waals surface area contributed by atoms with Crippen LogP contribution < -0.4 is 5.32 Å². The SMILES string of the molecule is CC(C)CC(C)NC1C(C)CCCC1C. The standard InChI is InChI=1S/C14H29N/c1-10(2)9-13(5)15-14-11(3)7-6-8-12(14)4/h10-15H,6-9H2,1-5H3. The molecule has 90 valence electrons. The number of hydrogen-bond donors (Lipinski definition) is 1. The van der Waals surface area contributed by atoms with Crippen molar-refractivity contribution in [3.63, 3.8) is 0 Å². The summed E-state index contributed by atoms with van der Waals surface area (Å²) in [5.74, 6) is 2.54. The van der Waals surface area contributed by atoms with Crippen LogP contribution >= 0.6 is 0 Å². The third kappa shape index (κ3) is 4.14. The van der Waals surface area contributed by atoms with Crippen LogP contribution in [0.5, 0.6) is 0 Å². The molecule has 0 bridgehead atoms. The predicted molar refractivity (Wildman–Crippen MR) is 68.0 cm³/mol. The molecule has 1 nitrogen and oxygen atoms in total. The van der Waals surface area contributed by atoms with Gasteiger partial charge in [-0.25, -0.2) is 0 Å². The highest BCUT2D eigenvalue weighted by Crippen LogP contribution is 2.29. The van der Waals surface area contributed by atoms with Gasteiger partial charge in [0.25, 0.3) is 0 Å². The van der Waals surface area contributed by atoms with Crippen molar-refractivity contribution in [2.24, 2.45) is 17.8 Å². The molecule has 1 fully saturated rings. The first-order chi connectivity index (χ1) is 7.00. The lowest BCUT2D eigenvalue weighted by molar-refractivity contribution is 0.189. The molecule has 3 atom stereocenters. The second-order valence-electron chi connectivity index (χ2n) is 6.11. The van der Waals surface area contributed by atoms with Crippen molar-refractivity contribution in [3.8, 4) is 0 Å². The maximum Gasteiger partial charge on any atom is 0.0121 e. The molecular formula is C14H29N. The van der Waals surface area contributed by atoms with Gasteiger partial charge in [-0.05, 0) is 43.9 Å². The van der Waals surface area contributed by atoms with Crippen molar-refractivity contribution in [2.75, 3.05) is 0 Å². The Morgan fingerprint density at radius 3 is 2.07 bits per heavy atom. The lowest BCUT2D eigenvalue weighted by Gasteiger charge is -2.37. The van der Waals surface area contributed by atoms with E-state index in [1.54, 1.807) is 0 Å². The molecule has 0 aromatic carbocycles. The van der Waals surface area contributed by atoms with Crippen LogP contribution in [0.2, 0.25) is 0 Å². The van der Waals surface area contributed by atoms with Crippen molar-refractivity contribution in [1.82, 2.24) is 5.32 Å². The average molecular weight is 211 g/mol. The van der Waals surface area contributed by atoms with Gasteiger partial charge >= 0.3 is 0 Å². The summed E-state index contributed by atoms with van der Waals surface area (Å²) in [6.07, 6.45) is 5.56. The quantitative estimate of drug-likeness (QED) is 0.745. The van der Waals surface area contributed by atoms with Gasteiger partial charge < -0.3 is 5.32 Å². The molecule has 0 aliphatic heterocycles. The van der Waals surface area contributed by atoms with E-state index in [1.165, 1.54) is 25.7 Å². The Kier molecular flexibility index (Phi) is 5.11. The monoisotopic (exact) mass is 211 g/mol. The van der Waals surface area contributed by atoms with Crippen LogP contribution in [-0.4, -0.2) is 12.1 Å². The zero-order chi connectivity index (χ0) is 11.4. The Balaban J connectivity index is 2.40. The summed E-state index contributed by atoms with van der Waals surface area (Å²) in [6.45, 7) is 11.8. The maximum atomic E-state index is 3.85. The Labute approximate surface area is 96.0 Å². The largest absolute Gasteiger partial charge is 0.311 e. The fourth-order valence-corrected chi connectivity index (χ4v) is 3.11. The van der Waals surface area contributed by atoms with E-state index < -0.39 is 0 Å². The van der Waals surface area contributed by atoms with Crippen LogP contribution in [0.1, 0.15) is 60.3 Å². The minimum absolute atomic E-state index is 0.679. The molecular weight excluding hydrogens is 182 g/mol. The molecule has 1 aliphatic carbocycles. The van der Waals surface area contributed by atoms with E-state index in [2.05, 4.69) is 39.9 Å². The van der Waals surface area contributed by atoms with E-state index >= 15 is 0 Å². The van der Waals surface area contributed by atoms with Crippen molar-refractivity contribution in [1.29, 1.82) is 0 Å². The van der Waals surface area contributed by atoms with E-state index in [-0.39, 0.29) is 0 Å². The van der Waals surface area contributed by atoms with E-state index in [0.717, 1.165) is 23.8 Å². The first-order valence-electron chi connectivity index (χ1n) is 6.76. The number of rotatable bonds is 4. The van der Waals surface area contributed by atoms with Gasteiger partial charge in [0.05, 0.1) is 0 Å². The van der Waals surface area contributed by atoms with Crippen molar-refractivity contribution >= 4 is 0 Å². The Bertz CT molecular complexity index is 166. The van der Waals surface area contributed by atoms with Crippen LogP contribution in [-0.2, 0) is 0 Å². The third-order valence-corrected chi connectivity index (χ3v) is 3.85. The van der Waals surface area contributed by atoms with Gasteiger partial charge in [-0.15, -0.1) is 0 Å². The number of hydrogen-bond acceptors (Lipinski definition) is 1. The first kappa shape index (κ1) is 13.0. The van der Waals surface area contributed by atoms with Gasteiger partial charge in [-0.1, -0.05) is 34.1 Å². The molecule has 1 heteroatoms. The van der Waals surface area contributed by atoms with Crippen LogP contribution in [0.3, 0.4) is 0 Å². The summed E-state index contributed by atoms with van der Waals surface area (Å²) >= 11 is 0. The molecule has 15 heavy (non-hydrogen) atoms. The van der Waals surface area contributed by atoms with Gasteiger partial charge in [0, 0.05) is 12.1 Å². The molecule has 1 saturated carbocycles. The molecule has 0 heterocycles. The summed E-state index contributed by atoms with van der Waals surface area (Å²) in [4.78, 5) is 0. The van der Waals surface area contributed by atoms with Gasteiger partial charge in [-0.3, -0.25) is 0 Å². The molecule has 3 unspecified atom stereocenters. The summed E-state index contributed by atoms with van der Waals surface area (Å²) < 4.78 is 0. The second kappa shape index (κ2) is 5.89. The molecule has 0 aromatic rings. The van der Waals surface area contributed by atoms with E-state index in [0.29, 0.717) is 6.04 Å². The molecule has 1 N–H and O–H groups in total. The maximum absolute atomic E-state index is 3.85. The van der Waals surface area contributed by atoms with Gasteiger partial charge in [0.1, 0.15) is 0 Å². The molecule has 0 aromatic heterocycles. The first-order valence-corrected chi connectivity index (χ1v) is 6.76. The molecule has 1 aliphatic rings. The van der Waals surface area contributed by atoms with Gasteiger partial charge in [0.15, 0.2) is 0 Å². The Hall–Kier alpha value is -0.0400. The molecule has 1 rings (SSSR count). The minimum atomic E-state index is 0.679. The second-order valence-corrected chi connectivity index (χ2v) is 6.11. The minimum Gasteiger partial charge on any atom is -0.311 e. The summed E-state index contributed by atoms with van der Waals surface area (Å²) in [5.41, 5.74) is 0. The van der Waals surface area contributed by atoms with E-state index in [4.69, 9.17) is 0 Å². The lowest BCUT2D eigenvalue weighted by atomic mass is 9.78. The molecule has 0 spiro atoms. The summed E-state index contributed by atoms with van der Waals surface area (Å²) in [5, 5.41) is 3.85. The highest BCUT2D eigenvalue weighted by atomic mass is 15.0. The van der Waals surface area contributed by atoms with Crippen molar-refractivity contribution in [3.05, 3.63) is 0 Å². The zero-order valence-electron chi connectivity index (χ0n) is 11.2. The van der Waals surface area contributed by atoms with E-state index in [1.807, 2.05) is 0 Å². The normalized spacial score (nSPS) is 34.4. The van der Waals surface area contributed by atoms with Crippen LogP contribution in [0.15, 0.2) is 0 Å². The van der Waals surface area contributed by atoms with Crippen molar-refractivity contribution in [2.45, 2.75) is 72.4 Å². The molecule has 0 radical (unpaired) electrons. The number of nitrogens with one attached hydrogen (secondary N) is 1. The Morgan fingerprint density at radius 1 is 1.07 bits per heavy atom. The lowest BCUT2D eigenvalue weighted by Crippen LogP contribution is -2.47. The fraction of sp³-hybridized carbons (Fsp3) is 1.00. The summed E-state index contributed by atoms with van der Waals surface area (Å²) in [7, 11) is 0. The Morgan fingerprint density at radius 2 is 1.60 bits per heavy atom. The van der Waals surface area contributed by atoms with Gasteiger partial charge in [0.2, 0.25) is 0 Å². The highest BCUT2D eigenvalue weighted by molar-refractivity contribution is 4.85. The smallest absolute Gasteiger partial charge is 0.0121 e. The van der Waals surface area contributed by atoms with E-state index in [9.17, 15) is 0 Å². The summed E-state index contributed by atoms with van der Waals surface area (Å²) in [6, 6.07) is 1.44. The fourth-order valence-electron chi connectivity index (χ4n) is 3.11. The molecule has 0 amide bonds. The third-order valence-electron chi connectivity index (χ3n) is 3.85. The van der Waals surface area contributed by atoms with Gasteiger partial charge in [-0.2, -0.15) is 0 Å². The topological polar surface area (TPSA) is 12.0 Å². The van der Waals surface area contributed by atoms with Crippen molar-refractivity contribution < 1.29 is 0 Å². The van der Waals surface area contributed by atoms with Crippen LogP contribution in [0.4, 0.5) is 0 Å². The highest BCUT2D eigenvalue weighted by Gasteiger charge is 2.28. The predicted octanol–water partition coefficient (Wildman–Crippen LogP) is 3.84. The van der Waals surface area contributed by atoms with Crippen LogP contribution in [0.25, 0.3) is 0 Å².